The number of carboxylic acids is 1. The van der Waals surface area contributed by atoms with Gasteiger partial charge in [0, 0.05) is 18.8 Å². The van der Waals surface area contributed by atoms with Gasteiger partial charge in [-0.3, -0.25) is 4.79 Å². The second kappa shape index (κ2) is 11.0. The van der Waals surface area contributed by atoms with E-state index in [-0.39, 0.29) is 24.7 Å². The van der Waals surface area contributed by atoms with Crippen molar-refractivity contribution in [2.45, 2.75) is 24.8 Å². The van der Waals surface area contributed by atoms with Crippen molar-refractivity contribution in [3.8, 4) is 5.75 Å². The van der Waals surface area contributed by atoms with Crippen LogP contribution >= 0.6 is 23.2 Å². The summed E-state index contributed by atoms with van der Waals surface area (Å²) in [6, 6.07) is 20.7. The molecule has 0 spiro atoms. The summed E-state index contributed by atoms with van der Waals surface area (Å²) in [5.74, 6) is -1.11. The van der Waals surface area contributed by atoms with Crippen LogP contribution in [0.25, 0.3) is 0 Å². The fourth-order valence-corrected chi connectivity index (χ4v) is 3.79. The fraction of sp³-hybridized carbons (Fsp3) is 0.200. The molecule has 5 nitrogen and oxygen atoms in total. The molecule has 7 heteroatoms. The predicted octanol–water partition coefficient (Wildman–Crippen LogP) is 5.34. The van der Waals surface area contributed by atoms with E-state index >= 15 is 0 Å². The zero-order valence-electron chi connectivity index (χ0n) is 17.4. The lowest BCUT2D eigenvalue weighted by atomic mass is 9.88. The molecule has 2 N–H and O–H groups in total. The Kier molecular flexibility index (Phi) is 8.14. The highest BCUT2D eigenvalue weighted by atomic mass is 35.5. The van der Waals surface area contributed by atoms with Crippen LogP contribution in [0.5, 0.6) is 5.75 Å². The van der Waals surface area contributed by atoms with Gasteiger partial charge in [0.25, 0.3) is 0 Å². The van der Waals surface area contributed by atoms with Gasteiger partial charge in [0.05, 0.1) is 17.2 Å². The van der Waals surface area contributed by atoms with Crippen LogP contribution in [0.15, 0.2) is 72.8 Å². The minimum atomic E-state index is -1.09. The van der Waals surface area contributed by atoms with Crippen LogP contribution in [0.4, 0.5) is 0 Å². The van der Waals surface area contributed by atoms with Crippen LogP contribution in [-0.2, 0) is 16.0 Å². The van der Waals surface area contributed by atoms with E-state index in [1.807, 2.05) is 60.7 Å². The van der Waals surface area contributed by atoms with Crippen LogP contribution in [0.2, 0.25) is 10.0 Å². The van der Waals surface area contributed by atoms with Gasteiger partial charge in [-0.25, -0.2) is 4.79 Å². The van der Waals surface area contributed by atoms with Gasteiger partial charge in [-0.1, -0.05) is 71.7 Å². The van der Waals surface area contributed by atoms with Gasteiger partial charge >= 0.3 is 5.97 Å². The zero-order chi connectivity index (χ0) is 23.1. The number of carbonyl (C=O) groups excluding carboxylic acids is 1. The Morgan fingerprint density at radius 1 is 0.938 bits per heavy atom. The Labute approximate surface area is 196 Å². The van der Waals surface area contributed by atoms with Crippen LogP contribution < -0.4 is 10.1 Å². The van der Waals surface area contributed by atoms with Crippen LogP contribution in [0.1, 0.15) is 29.0 Å². The van der Waals surface area contributed by atoms with E-state index in [1.54, 1.807) is 19.2 Å². The molecule has 0 saturated heterocycles. The maximum atomic E-state index is 12.9. The number of nitrogens with one attached hydrogen (secondary N) is 1. The van der Waals surface area contributed by atoms with Gasteiger partial charge in [-0.15, -0.1) is 0 Å². The third-order valence-corrected chi connectivity index (χ3v) is 5.91. The normalized spacial score (nSPS) is 12.6. The van der Waals surface area contributed by atoms with Gasteiger partial charge in [0.15, 0.2) is 0 Å². The monoisotopic (exact) mass is 471 g/mol. The predicted molar refractivity (Wildman–Crippen MR) is 126 cm³/mol. The lowest BCUT2D eigenvalue weighted by Gasteiger charge is -2.21. The molecule has 166 valence electrons. The minimum absolute atomic E-state index is 0.0445. The lowest BCUT2D eigenvalue weighted by molar-refractivity contribution is -0.141. The molecule has 0 radical (unpaired) electrons. The summed E-state index contributed by atoms with van der Waals surface area (Å²) in [5, 5.41) is 13.1. The number of hydrogen-bond acceptors (Lipinski definition) is 3. The summed E-state index contributed by atoms with van der Waals surface area (Å²) in [4.78, 5) is 24.7. The van der Waals surface area contributed by atoms with E-state index in [2.05, 4.69) is 5.32 Å². The van der Waals surface area contributed by atoms with E-state index in [1.165, 1.54) is 0 Å². The number of rotatable bonds is 9. The summed E-state index contributed by atoms with van der Waals surface area (Å²) in [5.41, 5.74) is 2.50. The number of benzene rings is 3. The van der Waals surface area contributed by atoms with Gasteiger partial charge < -0.3 is 15.2 Å². The van der Waals surface area contributed by atoms with Gasteiger partial charge in [0.1, 0.15) is 11.8 Å². The summed E-state index contributed by atoms with van der Waals surface area (Å²) in [6.07, 6.45) is 0.241. The standard InChI is InChI=1S/C25H23Cl2NO4/c1-32-19-10-7-17(8-11-19)20(18-9-12-21(26)22(27)14-18)15-24(29)28-23(25(30)31)13-16-5-3-2-4-6-16/h2-12,14,20,23H,13,15H2,1H3,(H,28,29)(H,30,31)/t20?,23-/m0/s1. The van der Waals surface area contributed by atoms with E-state index in [0.29, 0.717) is 15.8 Å². The van der Waals surface area contributed by atoms with Crippen LogP contribution in [0.3, 0.4) is 0 Å². The van der Waals surface area contributed by atoms with Crippen molar-refractivity contribution in [2.75, 3.05) is 7.11 Å². The van der Waals surface area contributed by atoms with Crippen molar-refractivity contribution < 1.29 is 19.4 Å². The number of hydrogen-bond donors (Lipinski definition) is 2. The number of methoxy groups -OCH3 is 1. The molecule has 0 aromatic heterocycles. The molecule has 0 bridgehead atoms. The number of carboxylic acid groups (broad SMARTS) is 1. The Bertz CT molecular complexity index is 1070. The third kappa shape index (κ3) is 6.25. The SMILES string of the molecule is COc1ccc(C(CC(=O)N[C@@H](Cc2ccccc2)C(=O)O)c2ccc(Cl)c(Cl)c2)cc1. The first-order chi connectivity index (χ1) is 15.4. The second-order valence-electron chi connectivity index (χ2n) is 7.35. The van der Waals surface area contributed by atoms with Crippen molar-refractivity contribution in [2.24, 2.45) is 0 Å². The molecular formula is C25H23Cl2NO4. The Hall–Kier alpha value is -3.02. The maximum absolute atomic E-state index is 12.9. The molecule has 3 aromatic carbocycles. The molecule has 0 aliphatic rings. The zero-order valence-corrected chi connectivity index (χ0v) is 18.9. The van der Waals surface area contributed by atoms with Crippen molar-refractivity contribution in [1.29, 1.82) is 0 Å². The van der Waals surface area contributed by atoms with Crippen molar-refractivity contribution in [3.63, 3.8) is 0 Å². The van der Waals surface area contributed by atoms with Gasteiger partial charge in [-0.2, -0.15) is 0 Å². The molecular weight excluding hydrogens is 449 g/mol. The molecule has 1 unspecified atom stereocenters. The average Bonchev–Trinajstić information content (AvgIpc) is 2.79. The number of aliphatic carboxylic acids is 1. The quantitative estimate of drug-likeness (QED) is 0.441. The number of amides is 1. The average molecular weight is 472 g/mol. The second-order valence-corrected chi connectivity index (χ2v) is 8.17. The highest BCUT2D eigenvalue weighted by Crippen LogP contribution is 2.33. The fourth-order valence-electron chi connectivity index (χ4n) is 3.48. The summed E-state index contributed by atoms with van der Waals surface area (Å²) < 4.78 is 5.22. The molecule has 0 saturated carbocycles. The summed E-state index contributed by atoms with van der Waals surface area (Å²) in [7, 11) is 1.58. The molecule has 0 fully saturated rings. The van der Waals surface area contributed by atoms with Crippen LogP contribution in [0, 0.1) is 0 Å². The largest absolute Gasteiger partial charge is 0.497 e. The molecule has 32 heavy (non-hydrogen) atoms. The minimum Gasteiger partial charge on any atom is -0.497 e. The number of halogens is 2. The van der Waals surface area contributed by atoms with E-state index in [9.17, 15) is 14.7 Å². The third-order valence-electron chi connectivity index (χ3n) is 5.17. The molecule has 0 heterocycles. The number of carbonyl (C=O) groups is 2. The van der Waals surface area contributed by atoms with E-state index in [4.69, 9.17) is 27.9 Å². The smallest absolute Gasteiger partial charge is 0.326 e. The van der Waals surface area contributed by atoms with E-state index < -0.39 is 12.0 Å². The molecule has 3 rings (SSSR count). The van der Waals surface area contributed by atoms with Crippen molar-refractivity contribution in [3.05, 3.63) is 99.5 Å². The molecule has 1 amide bonds. The van der Waals surface area contributed by atoms with E-state index in [0.717, 1.165) is 16.7 Å². The Morgan fingerprint density at radius 2 is 1.59 bits per heavy atom. The van der Waals surface area contributed by atoms with Gasteiger partial charge in [-0.05, 0) is 41.0 Å². The molecule has 0 aliphatic heterocycles. The Morgan fingerprint density at radius 3 is 2.19 bits per heavy atom. The molecule has 3 aromatic rings. The highest BCUT2D eigenvalue weighted by molar-refractivity contribution is 6.42. The summed E-state index contributed by atoms with van der Waals surface area (Å²) in [6.45, 7) is 0. The Balaban J connectivity index is 1.83. The van der Waals surface area contributed by atoms with Crippen molar-refractivity contribution in [1.82, 2.24) is 5.32 Å². The lowest BCUT2D eigenvalue weighted by Crippen LogP contribution is -2.42. The molecule has 0 aliphatic carbocycles. The van der Waals surface area contributed by atoms with Crippen molar-refractivity contribution >= 4 is 35.1 Å². The first kappa shape index (κ1) is 23.6. The van der Waals surface area contributed by atoms with Gasteiger partial charge in [0.2, 0.25) is 5.91 Å². The maximum Gasteiger partial charge on any atom is 0.326 e. The first-order valence-corrected chi connectivity index (χ1v) is 10.8. The van der Waals surface area contributed by atoms with Crippen LogP contribution in [-0.4, -0.2) is 30.1 Å². The summed E-state index contributed by atoms with van der Waals surface area (Å²) >= 11 is 12.3. The molecule has 2 atom stereocenters. The highest BCUT2D eigenvalue weighted by Gasteiger charge is 2.24. The first-order valence-electron chi connectivity index (χ1n) is 10.0. The number of ether oxygens (including phenoxy) is 1. The topological polar surface area (TPSA) is 75.6 Å².